The maximum Gasteiger partial charge on any atom is 0.311 e. The fourth-order valence-electron chi connectivity index (χ4n) is 5.15. The van der Waals surface area contributed by atoms with Gasteiger partial charge in [0.15, 0.2) is 17.5 Å². The van der Waals surface area contributed by atoms with Gasteiger partial charge in [-0.15, -0.1) is 0 Å². The first-order valence-corrected chi connectivity index (χ1v) is 10.6. The third kappa shape index (κ3) is 3.51. The van der Waals surface area contributed by atoms with Crippen LogP contribution in [0.2, 0.25) is 0 Å². The van der Waals surface area contributed by atoms with Gasteiger partial charge >= 0.3 is 5.97 Å². The van der Waals surface area contributed by atoms with Crippen molar-refractivity contribution >= 4 is 22.8 Å². The van der Waals surface area contributed by atoms with Crippen molar-refractivity contribution in [1.82, 2.24) is 19.9 Å². The Bertz CT molecular complexity index is 1130. The average molecular weight is 427 g/mol. The van der Waals surface area contributed by atoms with Gasteiger partial charge in [-0.3, -0.25) is 4.79 Å². The SMILES string of the molecule is CCOC(=O)[C@@H]1C(Nc2nc(-c3c[nH]c4ncc(F)cc34)ncc2F)[C@H]2CC[C@@H]1CC2. The van der Waals surface area contributed by atoms with Crippen LogP contribution in [-0.4, -0.2) is 38.6 Å². The van der Waals surface area contributed by atoms with Gasteiger partial charge < -0.3 is 15.0 Å². The number of nitrogens with one attached hydrogen (secondary N) is 2. The first-order chi connectivity index (χ1) is 15.0. The molecule has 31 heavy (non-hydrogen) atoms. The van der Waals surface area contributed by atoms with Gasteiger partial charge in [0.25, 0.3) is 0 Å². The van der Waals surface area contributed by atoms with Crippen molar-refractivity contribution in [3.63, 3.8) is 0 Å². The Morgan fingerprint density at radius 3 is 2.74 bits per heavy atom. The molecule has 162 valence electrons. The number of anilines is 1. The lowest BCUT2D eigenvalue weighted by Crippen LogP contribution is -2.52. The highest BCUT2D eigenvalue weighted by molar-refractivity contribution is 5.91. The second-order valence-corrected chi connectivity index (χ2v) is 8.27. The van der Waals surface area contributed by atoms with Gasteiger partial charge in [0, 0.05) is 23.2 Å². The van der Waals surface area contributed by atoms with E-state index in [4.69, 9.17) is 4.74 Å². The molecule has 3 saturated carbocycles. The van der Waals surface area contributed by atoms with Crippen LogP contribution in [0.1, 0.15) is 32.6 Å². The predicted octanol–water partition coefficient (Wildman–Crippen LogP) is 4.08. The van der Waals surface area contributed by atoms with E-state index in [1.807, 2.05) is 0 Å². The van der Waals surface area contributed by atoms with E-state index in [0.29, 0.717) is 23.2 Å². The summed E-state index contributed by atoms with van der Waals surface area (Å²) in [4.78, 5) is 28.1. The molecule has 2 bridgehead atoms. The Morgan fingerprint density at radius 1 is 1.19 bits per heavy atom. The van der Waals surface area contributed by atoms with Crippen LogP contribution in [0.3, 0.4) is 0 Å². The van der Waals surface area contributed by atoms with Crippen LogP contribution in [0.25, 0.3) is 22.4 Å². The zero-order valence-corrected chi connectivity index (χ0v) is 17.1. The van der Waals surface area contributed by atoms with Crippen LogP contribution in [0.15, 0.2) is 24.7 Å². The summed E-state index contributed by atoms with van der Waals surface area (Å²) >= 11 is 0. The van der Waals surface area contributed by atoms with Gasteiger partial charge in [0.1, 0.15) is 11.5 Å². The summed E-state index contributed by atoms with van der Waals surface area (Å²) in [7, 11) is 0. The molecule has 0 spiro atoms. The van der Waals surface area contributed by atoms with E-state index in [1.54, 1.807) is 13.1 Å². The molecule has 6 rings (SSSR count). The molecule has 0 amide bonds. The largest absolute Gasteiger partial charge is 0.466 e. The molecule has 0 aliphatic heterocycles. The number of ether oxygens (including phenoxy) is 1. The van der Waals surface area contributed by atoms with Crippen molar-refractivity contribution in [3.8, 4) is 11.4 Å². The molecule has 0 radical (unpaired) electrons. The lowest BCUT2D eigenvalue weighted by molar-refractivity contribution is -0.154. The molecular formula is C22H23F2N5O2. The number of H-pyrrole nitrogens is 1. The Balaban J connectivity index is 1.49. The number of esters is 1. The Labute approximate surface area is 177 Å². The third-order valence-corrected chi connectivity index (χ3v) is 6.56. The number of carbonyl (C=O) groups is 1. The van der Waals surface area contributed by atoms with Crippen molar-refractivity contribution in [1.29, 1.82) is 0 Å². The topological polar surface area (TPSA) is 92.8 Å². The van der Waals surface area contributed by atoms with Gasteiger partial charge in [-0.1, -0.05) is 0 Å². The van der Waals surface area contributed by atoms with Gasteiger partial charge in [-0.25, -0.2) is 23.7 Å². The number of nitrogens with zero attached hydrogens (tertiary/aromatic N) is 3. The minimum absolute atomic E-state index is 0.0376. The van der Waals surface area contributed by atoms with Crippen LogP contribution in [0.5, 0.6) is 0 Å². The van der Waals surface area contributed by atoms with Crippen molar-refractivity contribution in [2.24, 2.45) is 17.8 Å². The minimum atomic E-state index is -0.600. The van der Waals surface area contributed by atoms with Gasteiger partial charge in [0.05, 0.1) is 24.9 Å². The summed E-state index contributed by atoms with van der Waals surface area (Å²) in [6, 6.07) is 1.09. The van der Waals surface area contributed by atoms with Gasteiger partial charge in [-0.05, 0) is 50.5 Å². The lowest BCUT2D eigenvalue weighted by Gasteiger charge is -2.47. The molecule has 3 heterocycles. The first kappa shape index (κ1) is 19.8. The molecule has 0 saturated heterocycles. The molecule has 0 aromatic carbocycles. The maximum atomic E-state index is 14.7. The van der Waals surface area contributed by atoms with Crippen LogP contribution < -0.4 is 5.32 Å². The number of rotatable bonds is 5. The van der Waals surface area contributed by atoms with Crippen molar-refractivity contribution < 1.29 is 18.3 Å². The summed E-state index contributed by atoms with van der Waals surface area (Å²) in [5.41, 5.74) is 1.02. The number of pyridine rings is 1. The van der Waals surface area contributed by atoms with E-state index in [1.165, 1.54) is 6.07 Å². The molecule has 2 atom stereocenters. The van der Waals surface area contributed by atoms with Crippen molar-refractivity contribution in [2.45, 2.75) is 38.6 Å². The standard InChI is InChI=1S/C22H23F2N5O2/c1-2-31-22(30)17-11-3-5-12(6-4-11)18(17)28-21-16(24)10-27-20(29-21)15-9-26-19-14(15)7-13(23)8-25-19/h7-12,17-18H,2-6H2,1H3,(H,25,26)(H,27,28,29)/t11-,12+,17-,18?/m0/s1. The van der Waals surface area contributed by atoms with Crippen LogP contribution in [-0.2, 0) is 9.53 Å². The van der Waals surface area contributed by atoms with E-state index < -0.39 is 11.6 Å². The summed E-state index contributed by atoms with van der Waals surface area (Å²) in [5.74, 6) is -0.871. The maximum absolute atomic E-state index is 14.7. The van der Waals surface area contributed by atoms with E-state index >= 15 is 0 Å². The highest BCUT2D eigenvalue weighted by Gasteiger charge is 2.48. The summed E-state index contributed by atoms with van der Waals surface area (Å²) in [6.45, 7) is 2.10. The second kappa shape index (κ2) is 7.86. The normalized spacial score (nSPS) is 25.0. The zero-order chi connectivity index (χ0) is 21.5. The Kier molecular flexibility index (Phi) is 5.03. The van der Waals surface area contributed by atoms with E-state index in [0.717, 1.165) is 38.1 Å². The molecular weight excluding hydrogens is 404 g/mol. The van der Waals surface area contributed by atoms with E-state index in [9.17, 15) is 13.6 Å². The van der Waals surface area contributed by atoms with E-state index in [2.05, 4.69) is 25.3 Å². The third-order valence-electron chi connectivity index (χ3n) is 6.56. The quantitative estimate of drug-likeness (QED) is 0.596. The fourth-order valence-corrected chi connectivity index (χ4v) is 5.15. The van der Waals surface area contributed by atoms with E-state index in [-0.39, 0.29) is 41.4 Å². The Morgan fingerprint density at radius 2 is 1.97 bits per heavy atom. The number of aromatic amines is 1. The summed E-state index contributed by atoms with van der Waals surface area (Å²) in [6.07, 6.45) is 7.79. The first-order valence-electron chi connectivity index (χ1n) is 10.6. The Hall–Kier alpha value is -3.10. The molecule has 3 aliphatic rings. The number of halogens is 2. The number of carbonyl (C=O) groups excluding carboxylic acids is 1. The molecule has 2 N–H and O–H groups in total. The van der Waals surface area contributed by atoms with Crippen molar-refractivity contribution in [3.05, 3.63) is 36.3 Å². The molecule has 3 aromatic heterocycles. The van der Waals surface area contributed by atoms with Gasteiger partial charge in [0.2, 0.25) is 0 Å². The number of hydrogen-bond donors (Lipinski definition) is 2. The van der Waals surface area contributed by atoms with Crippen LogP contribution >= 0.6 is 0 Å². The molecule has 9 heteroatoms. The average Bonchev–Trinajstić information content (AvgIpc) is 3.19. The zero-order valence-electron chi connectivity index (χ0n) is 17.1. The van der Waals surface area contributed by atoms with Crippen LogP contribution in [0.4, 0.5) is 14.6 Å². The number of hydrogen-bond acceptors (Lipinski definition) is 6. The summed E-state index contributed by atoms with van der Waals surface area (Å²) in [5, 5.41) is 3.72. The molecule has 3 aromatic rings. The predicted molar refractivity (Wildman–Crippen MR) is 110 cm³/mol. The number of fused-ring (bicyclic) bond motifs is 4. The lowest BCUT2D eigenvalue weighted by atomic mass is 9.61. The fraction of sp³-hybridized carbons (Fsp3) is 0.455. The highest BCUT2D eigenvalue weighted by Crippen LogP contribution is 2.46. The smallest absolute Gasteiger partial charge is 0.311 e. The van der Waals surface area contributed by atoms with Crippen molar-refractivity contribution in [2.75, 3.05) is 11.9 Å². The monoisotopic (exact) mass is 427 g/mol. The molecule has 1 unspecified atom stereocenters. The molecule has 3 fully saturated rings. The van der Waals surface area contributed by atoms with Crippen LogP contribution in [0, 0.1) is 29.4 Å². The highest BCUT2D eigenvalue weighted by atomic mass is 19.1. The second-order valence-electron chi connectivity index (χ2n) is 8.27. The van der Waals surface area contributed by atoms with Gasteiger partial charge in [-0.2, -0.15) is 0 Å². The summed E-state index contributed by atoms with van der Waals surface area (Å²) < 4.78 is 33.7. The molecule has 7 nitrogen and oxygen atoms in total. The molecule has 3 aliphatic carbocycles. The minimum Gasteiger partial charge on any atom is -0.466 e. The number of aromatic nitrogens is 4.